The number of carbonyl (C=O) groups is 4. The maximum Gasteiger partial charge on any atom is 0.341 e. The first kappa shape index (κ1) is 41.0. The Balaban J connectivity index is 0.731. The lowest BCUT2D eigenvalue weighted by Gasteiger charge is -2.36. The van der Waals surface area contributed by atoms with E-state index in [2.05, 4.69) is 0 Å². The molecule has 16 heteroatoms. The number of pyridine rings is 2. The van der Waals surface area contributed by atoms with E-state index >= 15 is 8.78 Å². The predicted octanol–water partition coefficient (Wildman–Crippen LogP) is 5.78. The molecule has 4 aromatic rings. The molecule has 2 amide bonds. The highest BCUT2D eigenvalue weighted by Gasteiger charge is 2.31. The van der Waals surface area contributed by atoms with Gasteiger partial charge in [0.25, 0.3) is 0 Å². The van der Waals surface area contributed by atoms with Gasteiger partial charge >= 0.3 is 11.9 Å². The molecule has 2 aliphatic heterocycles. The summed E-state index contributed by atoms with van der Waals surface area (Å²) in [6, 6.07) is 5.74. The largest absolute Gasteiger partial charge is 0.477 e. The van der Waals surface area contributed by atoms with E-state index in [1.807, 2.05) is 19.6 Å². The van der Waals surface area contributed by atoms with Crippen molar-refractivity contribution in [1.82, 2.24) is 18.9 Å². The van der Waals surface area contributed by atoms with Crippen LogP contribution in [0.1, 0.15) is 110 Å². The smallest absolute Gasteiger partial charge is 0.341 e. The molecule has 2 saturated carbocycles. The predicted molar refractivity (Wildman–Crippen MR) is 221 cm³/mol. The minimum Gasteiger partial charge on any atom is -0.477 e. The Labute approximate surface area is 344 Å². The van der Waals surface area contributed by atoms with Gasteiger partial charge in [0.1, 0.15) is 22.8 Å². The zero-order valence-corrected chi connectivity index (χ0v) is 33.5. The van der Waals surface area contributed by atoms with Crippen LogP contribution in [0.4, 0.5) is 20.2 Å². The SMILES string of the molecule is O=C(O)c1cn(C2CC2)c2cc(N3CCN(C(=O)CCCCCCCCC(=O)N4CCN(c5cc6c(cc5F)c(=O)c(C(=O)O)cn6C5CC5)CC4)CC3)c(F)cc2c1=O. The van der Waals surface area contributed by atoms with Crippen LogP contribution in [0.5, 0.6) is 0 Å². The van der Waals surface area contributed by atoms with Crippen molar-refractivity contribution in [2.45, 2.75) is 89.1 Å². The second kappa shape index (κ2) is 17.1. The summed E-state index contributed by atoms with van der Waals surface area (Å²) in [5.41, 5.74) is -0.402. The summed E-state index contributed by atoms with van der Waals surface area (Å²) < 4.78 is 34.3. The molecule has 0 spiro atoms. The molecule has 2 N–H and O–H groups in total. The molecule has 2 aromatic carbocycles. The molecule has 2 aromatic heterocycles. The van der Waals surface area contributed by atoms with E-state index in [0.717, 1.165) is 76.3 Å². The molecule has 2 aliphatic carbocycles. The van der Waals surface area contributed by atoms with Crippen molar-refractivity contribution in [3.05, 3.63) is 79.9 Å². The van der Waals surface area contributed by atoms with Crippen LogP contribution in [0.15, 0.2) is 46.2 Å². The number of fused-ring (bicyclic) bond motifs is 2. The van der Waals surface area contributed by atoms with Crippen molar-refractivity contribution >= 4 is 56.9 Å². The van der Waals surface area contributed by atoms with Gasteiger partial charge in [-0.05, 0) is 62.8 Å². The summed E-state index contributed by atoms with van der Waals surface area (Å²) in [6.45, 7) is 3.57. The molecular formula is C44H50F2N6O8. The van der Waals surface area contributed by atoms with Crippen LogP contribution in [0.25, 0.3) is 21.8 Å². The minimum atomic E-state index is -1.33. The molecule has 8 rings (SSSR count). The third kappa shape index (κ3) is 8.46. The van der Waals surface area contributed by atoms with Crippen molar-refractivity contribution < 1.29 is 38.2 Å². The standard InChI is InChI=1S/C44H50F2N6O8/c45-33-21-29-35(51(27-9-10-27)25-31(41(29)55)43(57)58)23-37(33)47-13-17-49(18-14-47)39(53)7-5-3-1-2-4-6-8-40(54)50-19-15-48(16-20-50)38-24-36-30(22-34(38)46)42(56)32(44(59)60)26-52(36)28-11-12-28/h21-28H,1-20H2,(H,57,58)(H,59,60). The highest BCUT2D eigenvalue weighted by molar-refractivity contribution is 5.95. The first-order valence-corrected chi connectivity index (χ1v) is 21.2. The van der Waals surface area contributed by atoms with Gasteiger partial charge in [0, 0.05) is 100 Å². The lowest BCUT2D eigenvalue weighted by atomic mass is 10.1. The first-order chi connectivity index (χ1) is 28.9. The third-order valence-electron chi connectivity index (χ3n) is 12.5. The number of aromatic carboxylic acids is 2. The zero-order valence-electron chi connectivity index (χ0n) is 33.5. The molecular weight excluding hydrogens is 779 g/mol. The summed E-state index contributed by atoms with van der Waals surface area (Å²) in [4.78, 5) is 82.4. The number of unbranched alkanes of at least 4 members (excludes halogenated alkanes) is 5. The number of amides is 2. The third-order valence-corrected chi connectivity index (χ3v) is 12.5. The topological polar surface area (TPSA) is 166 Å². The van der Waals surface area contributed by atoms with Crippen LogP contribution < -0.4 is 20.7 Å². The quantitative estimate of drug-likeness (QED) is 0.140. The van der Waals surface area contributed by atoms with Gasteiger partial charge in [0.15, 0.2) is 0 Å². The van der Waals surface area contributed by atoms with Gasteiger partial charge in [0.2, 0.25) is 22.7 Å². The Hall–Kier alpha value is -5.80. The van der Waals surface area contributed by atoms with E-state index in [-0.39, 0.29) is 45.8 Å². The number of rotatable bonds is 15. The average molecular weight is 829 g/mol. The fourth-order valence-corrected chi connectivity index (χ4v) is 8.79. The molecule has 0 radical (unpaired) electrons. The van der Waals surface area contributed by atoms with Crippen molar-refractivity contribution in [2.75, 3.05) is 62.2 Å². The molecule has 318 valence electrons. The molecule has 4 heterocycles. The minimum absolute atomic E-state index is 0.0560. The van der Waals surface area contributed by atoms with E-state index in [1.165, 1.54) is 12.4 Å². The summed E-state index contributed by atoms with van der Waals surface area (Å²) in [6.07, 6.45) is 12.3. The zero-order chi connectivity index (χ0) is 42.2. The number of carbonyl (C=O) groups excluding carboxylic acids is 2. The molecule has 0 atom stereocenters. The fraction of sp³-hybridized carbons (Fsp3) is 0.500. The van der Waals surface area contributed by atoms with E-state index < -0.39 is 34.4 Å². The number of benzene rings is 2. The molecule has 4 aliphatic rings. The van der Waals surface area contributed by atoms with E-state index in [9.17, 15) is 39.0 Å². The van der Waals surface area contributed by atoms with Crippen LogP contribution >= 0.6 is 0 Å². The Bertz CT molecular complexity index is 2310. The van der Waals surface area contributed by atoms with Gasteiger partial charge in [0.05, 0.1) is 22.4 Å². The Kier molecular flexibility index (Phi) is 11.6. The molecule has 60 heavy (non-hydrogen) atoms. The number of anilines is 2. The van der Waals surface area contributed by atoms with Gasteiger partial charge in [-0.2, -0.15) is 0 Å². The van der Waals surface area contributed by atoms with E-state index in [4.69, 9.17) is 0 Å². The Morgan fingerprint density at radius 2 is 0.883 bits per heavy atom. The van der Waals surface area contributed by atoms with Crippen LogP contribution in [-0.2, 0) is 9.59 Å². The second-order valence-corrected chi connectivity index (χ2v) is 16.6. The number of carboxylic acids is 2. The summed E-state index contributed by atoms with van der Waals surface area (Å²) >= 11 is 0. The van der Waals surface area contributed by atoms with Gasteiger partial charge in [-0.25, -0.2) is 18.4 Å². The van der Waals surface area contributed by atoms with Crippen LogP contribution in [0, 0.1) is 11.6 Å². The summed E-state index contributed by atoms with van der Waals surface area (Å²) in [7, 11) is 0. The molecule has 0 bridgehead atoms. The van der Waals surface area contributed by atoms with Crippen LogP contribution in [-0.4, -0.2) is 105 Å². The van der Waals surface area contributed by atoms with Crippen LogP contribution in [0.2, 0.25) is 0 Å². The van der Waals surface area contributed by atoms with Gasteiger partial charge in [-0.3, -0.25) is 19.2 Å². The average Bonchev–Trinajstić information content (AvgIpc) is 4.18. The van der Waals surface area contributed by atoms with Gasteiger partial charge in [-0.15, -0.1) is 0 Å². The van der Waals surface area contributed by atoms with Gasteiger partial charge in [-0.1, -0.05) is 25.7 Å². The highest BCUT2D eigenvalue weighted by Crippen LogP contribution is 2.39. The number of carboxylic acid groups (broad SMARTS) is 2. The van der Waals surface area contributed by atoms with E-state index in [1.54, 1.807) is 21.3 Å². The lowest BCUT2D eigenvalue weighted by Crippen LogP contribution is -2.49. The first-order valence-electron chi connectivity index (χ1n) is 21.2. The number of hydrogen-bond acceptors (Lipinski definition) is 8. The van der Waals surface area contributed by atoms with Crippen LogP contribution in [0.3, 0.4) is 0 Å². The Morgan fingerprint density at radius 1 is 0.533 bits per heavy atom. The second-order valence-electron chi connectivity index (χ2n) is 16.6. The van der Waals surface area contributed by atoms with Gasteiger partial charge < -0.3 is 38.9 Å². The number of aromatic nitrogens is 2. The molecule has 2 saturated heterocycles. The van der Waals surface area contributed by atoms with E-state index in [0.29, 0.717) is 87.6 Å². The number of nitrogens with zero attached hydrogens (tertiary/aromatic N) is 6. The molecule has 4 fully saturated rings. The van der Waals surface area contributed by atoms with Crippen molar-refractivity contribution in [3.8, 4) is 0 Å². The van der Waals surface area contributed by atoms with Crippen molar-refractivity contribution in [3.63, 3.8) is 0 Å². The van der Waals surface area contributed by atoms with Crippen molar-refractivity contribution in [1.29, 1.82) is 0 Å². The highest BCUT2D eigenvalue weighted by atomic mass is 19.1. The maximum absolute atomic E-state index is 15.4. The maximum atomic E-state index is 15.4. The Morgan fingerprint density at radius 3 is 1.22 bits per heavy atom. The van der Waals surface area contributed by atoms with Crippen molar-refractivity contribution in [2.24, 2.45) is 0 Å². The normalized spacial score (nSPS) is 17.2. The summed E-state index contributed by atoms with van der Waals surface area (Å²) in [5, 5.41) is 19.1. The number of piperazine rings is 2. The summed E-state index contributed by atoms with van der Waals surface area (Å²) in [5.74, 6) is -3.71. The lowest BCUT2D eigenvalue weighted by molar-refractivity contribution is -0.132. The number of halogens is 2. The molecule has 0 unspecified atom stereocenters. The fourth-order valence-electron chi connectivity index (χ4n) is 8.79. The number of hydrogen-bond donors (Lipinski definition) is 2. The molecule has 14 nitrogen and oxygen atoms in total. The monoisotopic (exact) mass is 828 g/mol.